The van der Waals surface area contributed by atoms with E-state index in [0.717, 1.165) is 55.0 Å². The Morgan fingerprint density at radius 3 is 2.70 bits per heavy atom. The van der Waals surface area contributed by atoms with Crippen LogP contribution in [-0.4, -0.2) is 67.7 Å². The number of carbonyl (C=O) groups is 1. The molecule has 43 heavy (non-hydrogen) atoms. The van der Waals surface area contributed by atoms with Gasteiger partial charge in [0.2, 0.25) is 5.91 Å². The van der Waals surface area contributed by atoms with Crippen LogP contribution in [0, 0.1) is 0 Å². The molecule has 0 aliphatic carbocycles. The van der Waals surface area contributed by atoms with E-state index in [-0.39, 0.29) is 11.9 Å². The van der Waals surface area contributed by atoms with Crippen LogP contribution in [0.25, 0.3) is 11.1 Å². The van der Waals surface area contributed by atoms with Crippen LogP contribution in [0.15, 0.2) is 84.5 Å². The van der Waals surface area contributed by atoms with E-state index in [0.29, 0.717) is 35.4 Å². The Morgan fingerprint density at radius 1 is 1.07 bits per heavy atom. The molecule has 4 heterocycles. The molecule has 2 fully saturated rings. The Morgan fingerprint density at radius 2 is 1.93 bits per heavy atom. The molecular weight excluding hydrogens is 546 g/mol. The smallest absolute Gasteiger partial charge is 0.247 e. The maximum Gasteiger partial charge on any atom is 0.247 e. The second kappa shape index (κ2) is 12.6. The summed E-state index contributed by atoms with van der Waals surface area (Å²) in [6, 6.07) is 15.9. The number of nitrogens with zero attached hydrogens (tertiary/aromatic N) is 5. The van der Waals surface area contributed by atoms with Crippen LogP contribution in [0.4, 0.5) is 28.7 Å². The van der Waals surface area contributed by atoms with E-state index in [1.807, 2.05) is 35.4 Å². The molecule has 1 amide bonds. The molecule has 1 atom stereocenters. The number of carbonyl (C=O) groups excluding carboxylic acids is 1. The van der Waals surface area contributed by atoms with E-state index in [1.165, 1.54) is 12.4 Å². The normalized spacial score (nSPS) is 17.1. The molecule has 0 spiro atoms. The van der Waals surface area contributed by atoms with Gasteiger partial charge >= 0.3 is 0 Å². The standard InChI is InChI=1S/C32H35N7O4/c1-4-32(40)36-25-17-26(29(41-3)18-28(25)38-12-10-37(2)11-13-38)35-30-19-31(34-21-33-30)39-27(9-15-43-39)23-7-5-6-22(16-23)24-8-14-42-20-24/h4-8,14,16-21,27H,1,9-13,15H2,2-3H3,(H,36,40)(H,33,34,35). The summed E-state index contributed by atoms with van der Waals surface area (Å²) in [5, 5.41) is 8.17. The molecule has 2 aliphatic rings. The van der Waals surface area contributed by atoms with Gasteiger partial charge in [-0.1, -0.05) is 24.8 Å². The van der Waals surface area contributed by atoms with E-state index >= 15 is 0 Å². The van der Waals surface area contributed by atoms with Crippen LogP contribution in [0.2, 0.25) is 0 Å². The van der Waals surface area contributed by atoms with Crippen molar-refractivity contribution in [3.8, 4) is 16.9 Å². The summed E-state index contributed by atoms with van der Waals surface area (Å²) in [5.41, 5.74) is 5.42. The molecular formula is C32H35N7O4. The number of hydrogen-bond acceptors (Lipinski definition) is 10. The summed E-state index contributed by atoms with van der Waals surface area (Å²) in [4.78, 5) is 31.9. The van der Waals surface area contributed by atoms with Crippen LogP contribution < -0.4 is 25.3 Å². The third kappa shape index (κ3) is 6.18. The quantitative estimate of drug-likeness (QED) is 0.255. The number of aromatic nitrogens is 2. The Labute approximate surface area is 250 Å². The lowest BCUT2D eigenvalue weighted by Gasteiger charge is -2.35. The first-order valence-corrected chi connectivity index (χ1v) is 14.2. The highest BCUT2D eigenvalue weighted by atomic mass is 16.7. The minimum atomic E-state index is -0.287. The summed E-state index contributed by atoms with van der Waals surface area (Å²) in [5.74, 6) is 1.52. The molecule has 6 rings (SSSR count). The fraction of sp³-hybridized carbons (Fsp3) is 0.281. The average Bonchev–Trinajstić information content (AvgIpc) is 3.75. The maximum absolute atomic E-state index is 12.4. The van der Waals surface area contributed by atoms with Gasteiger partial charge in [0.25, 0.3) is 0 Å². The van der Waals surface area contributed by atoms with Crippen molar-refractivity contribution in [1.82, 2.24) is 14.9 Å². The second-order valence-corrected chi connectivity index (χ2v) is 10.5. The van der Waals surface area contributed by atoms with Gasteiger partial charge in [0.05, 0.1) is 49.3 Å². The number of amides is 1. The highest BCUT2D eigenvalue weighted by molar-refractivity contribution is 6.02. The minimum absolute atomic E-state index is 0.0206. The van der Waals surface area contributed by atoms with E-state index < -0.39 is 0 Å². The monoisotopic (exact) mass is 581 g/mol. The maximum atomic E-state index is 12.4. The van der Waals surface area contributed by atoms with Crippen molar-refractivity contribution in [3.63, 3.8) is 0 Å². The van der Waals surface area contributed by atoms with Crippen molar-refractivity contribution in [2.45, 2.75) is 12.5 Å². The lowest BCUT2D eigenvalue weighted by atomic mass is 9.99. The summed E-state index contributed by atoms with van der Waals surface area (Å²) in [6.07, 6.45) is 7.00. The van der Waals surface area contributed by atoms with Crippen molar-refractivity contribution in [2.75, 3.05) is 67.5 Å². The topological polar surface area (TPSA) is 108 Å². The van der Waals surface area contributed by atoms with E-state index in [9.17, 15) is 4.79 Å². The van der Waals surface area contributed by atoms with Gasteiger partial charge in [-0.15, -0.1) is 0 Å². The van der Waals surface area contributed by atoms with Gasteiger partial charge in [0.1, 0.15) is 17.9 Å². The van der Waals surface area contributed by atoms with E-state index in [1.54, 1.807) is 19.6 Å². The number of methoxy groups -OCH3 is 1. The molecule has 2 N–H and O–H groups in total. The number of likely N-dealkylation sites (N-methyl/N-ethyl adjacent to an activating group) is 1. The third-order valence-corrected chi connectivity index (χ3v) is 7.78. The highest BCUT2D eigenvalue weighted by Crippen LogP contribution is 2.40. The zero-order chi connectivity index (χ0) is 29.8. The molecule has 0 saturated carbocycles. The number of rotatable bonds is 9. The lowest BCUT2D eigenvalue weighted by molar-refractivity contribution is -0.111. The number of hydrogen-bond donors (Lipinski definition) is 2. The predicted molar refractivity (Wildman–Crippen MR) is 167 cm³/mol. The number of ether oxygens (including phenoxy) is 1. The Hall–Kier alpha value is -4.87. The largest absolute Gasteiger partial charge is 0.494 e. The molecule has 11 heteroatoms. The summed E-state index contributed by atoms with van der Waals surface area (Å²) >= 11 is 0. The number of benzene rings is 2. The molecule has 2 saturated heterocycles. The van der Waals surface area contributed by atoms with Crippen molar-refractivity contribution in [3.05, 3.63) is 85.6 Å². The van der Waals surface area contributed by atoms with E-state index in [2.05, 4.69) is 62.2 Å². The molecule has 222 valence electrons. The predicted octanol–water partition coefficient (Wildman–Crippen LogP) is 5.25. The zero-order valence-corrected chi connectivity index (χ0v) is 24.3. The van der Waals surface area contributed by atoms with Gasteiger partial charge in [-0.05, 0) is 42.4 Å². The molecule has 2 aromatic heterocycles. The van der Waals surface area contributed by atoms with Crippen molar-refractivity contribution in [2.24, 2.45) is 0 Å². The Balaban J connectivity index is 1.28. The first-order valence-electron chi connectivity index (χ1n) is 14.2. The average molecular weight is 582 g/mol. The third-order valence-electron chi connectivity index (χ3n) is 7.78. The number of piperazine rings is 1. The van der Waals surface area contributed by atoms with Gasteiger partial charge < -0.3 is 29.6 Å². The molecule has 0 bridgehead atoms. The Kier molecular flexibility index (Phi) is 8.25. The molecule has 11 nitrogen and oxygen atoms in total. The molecule has 0 radical (unpaired) electrons. The zero-order valence-electron chi connectivity index (χ0n) is 24.3. The first kappa shape index (κ1) is 28.3. The van der Waals surface area contributed by atoms with Crippen LogP contribution in [0.5, 0.6) is 5.75 Å². The SMILES string of the molecule is C=CC(=O)Nc1cc(Nc2cc(N3OCCC3c3cccc(-c4ccoc4)c3)ncn2)c(OC)cc1N1CCN(C)CC1. The second-order valence-electron chi connectivity index (χ2n) is 10.5. The van der Waals surface area contributed by atoms with Gasteiger partial charge in [-0.3, -0.25) is 9.63 Å². The fourth-order valence-electron chi connectivity index (χ4n) is 5.45. The van der Waals surface area contributed by atoms with Gasteiger partial charge in [0.15, 0.2) is 5.82 Å². The van der Waals surface area contributed by atoms with Crippen LogP contribution in [0.1, 0.15) is 18.0 Å². The summed E-state index contributed by atoms with van der Waals surface area (Å²) in [6.45, 7) is 7.70. The number of hydroxylamine groups is 1. The van der Waals surface area contributed by atoms with Crippen molar-refractivity contribution < 1.29 is 18.8 Å². The molecule has 2 aliphatic heterocycles. The van der Waals surface area contributed by atoms with Gasteiger partial charge in [-0.2, -0.15) is 0 Å². The first-order chi connectivity index (χ1) is 21.0. The van der Waals surface area contributed by atoms with Crippen LogP contribution >= 0.6 is 0 Å². The molecule has 1 unspecified atom stereocenters. The number of nitrogens with one attached hydrogen (secondary N) is 2. The Bertz CT molecular complexity index is 1580. The van der Waals surface area contributed by atoms with Crippen molar-refractivity contribution in [1.29, 1.82) is 0 Å². The number of furan rings is 1. The van der Waals surface area contributed by atoms with Crippen LogP contribution in [0.3, 0.4) is 0 Å². The minimum Gasteiger partial charge on any atom is -0.494 e. The van der Waals surface area contributed by atoms with Crippen molar-refractivity contribution >= 4 is 34.6 Å². The highest BCUT2D eigenvalue weighted by Gasteiger charge is 2.30. The molecule has 2 aromatic carbocycles. The van der Waals surface area contributed by atoms with Gasteiger partial charge in [-0.25, -0.2) is 15.0 Å². The lowest BCUT2D eigenvalue weighted by Crippen LogP contribution is -2.44. The summed E-state index contributed by atoms with van der Waals surface area (Å²) < 4.78 is 11.1. The number of anilines is 5. The molecule has 4 aromatic rings. The van der Waals surface area contributed by atoms with Gasteiger partial charge in [0, 0.05) is 50.3 Å². The van der Waals surface area contributed by atoms with Crippen LogP contribution in [-0.2, 0) is 9.63 Å². The van der Waals surface area contributed by atoms with E-state index in [4.69, 9.17) is 14.0 Å². The fourth-order valence-corrected chi connectivity index (χ4v) is 5.45. The summed E-state index contributed by atoms with van der Waals surface area (Å²) in [7, 11) is 3.73.